The molecule has 5 heteroatoms. The zero-order valence-corrected chi connectivity index (χ0v) is 12.3. The molecular formula is C14H12MoN2O2-2. The summed E-state index contributed by atoms with van der Waals surface area (Å²) < 4.78 is 15.0. The van der Waals surface area contributed by atoms with Crippen LogP contribution in [0.1, 0.15) is 5.56 Å². The van der Waals surface area contributed by atoms with Crippen LogP contribution < -0.4 is 0 Å². The standard InChI is InChI=1S/C7H7N2.C5H5.2CO.Mo/c1-6-2-4-7(9-8)5-3-6;1-2-4-5-3-1;2*1-2;/h2-5H,1H3;1-5H;;;/q2*-1;;;. The molecule has 0 fully saturated rings. The number of nitrogens with zero attached hydrogens (tertiary/aromatic N) is 2. The molecule has 4 nitrogen and oxygen atoms in total. The summed E-state index contributed by atoms with van der Waals surface area (Å²) in [5, 5.41) is 3.01. The summed E-state index contributed by atoms with van der Waals surface area (Å²) in [7, 11) is 0. The van der Waals surface area contributed by atoms with Gasteiger partial charge < -0.3 is 10.6 Å². The Morgan fingerprint density at radius 2 is 1.42 bits per heavy atom. The molecule has 0 aliphatic heterocycles. The van der Waals surface area contributed by atoms with Crippen molar-refractivity contribution in [1.29, 1.82) is 0 Å². The predicted octanol–water partition coefficient (Wildman–Crippen LogP) is 3.98. The van der Waals surface area contributed by atoms with E-state index >= 15 is 0 Å². The minimum Gasteiger partial charge on any atom is -0.214 e. The second kappa shape index (κ2) is 18.7. The van der Waals surface area contributed by atoms with Gasteiger partial charge in [-0.05, 0) is 19.1 Å². The van der Waals surface area contributed by atoms with E-state index in [1.807, 2.05) is 49.4 Å². The zero-order chi connectivity index (χ0) is 14.2. The number of aryl methyl sites for hydroxylation is 1. The van der Waals surface area contributed by atoms with Crippen LogP contribution in [0.4, 0.5) is 5.69 Å². The first-order valence-corrected chi connectivity index (χ1v) is 4.82. The van der Waals surface area contributed by atoms with Crippen LogP contribution in [0.25, 0.3) is 5.53 Å². The van der Waals surface area contributed by atoms with E-state index in [9.17, 15) is 0 Å². The molecule has 0 saturated carbocycles. The van der Waals surface area contributed by atoms with E-state index in [0.29, 0.717) is 5.69 Å². The van der Waals surface area contributed by atoms with E-state index in [0.717, 1.165) is 0 Å². The maximum absolute atomic E-state index is 8.25. The molecule has 0 aliphatic carbocycles. The monoisotopic (exact) mass is 338 g/mol. The molecule has 0 aromatic heterocycles. The molecule has 0 aliphatic rings. The maximum atomic E-state index is 8.25. The first-order valence-electron chi connectivity index (χ1n) is 4.82. The van der Waals surface area contributed by atoms with Crippen LogP contribution in [0.3, 0.4) is 0 Å². The summed E-state index contributed by atoms with van der Waals surface area (Å²) in [4.78, 5) is 0. The van der Waals surface area contributed by atoms with Crippen molar-refractivity contribution >= 4 is 5.69 Å². The second-order valence-corrected chi connectivity index (χ2v) is 2.90. The van der Waals surface area contributed by atoms with E-state index in [4.69, 9.17) is 14.8 Å². The Balaban J connectivity index is -0.000000220. The number of rotatable bonds is 1. The SMILES string of the molecule is Cc1ccc(N=[N-])cc1.[C-]#[O+].[C-]#[O+].[Mo].c1cc[cH-]c1. The molecule has 0 amide bonds. The molecule has 2 aromatic rings. The number of hydrogen-bond acceptors (Lipinski definition) is 1. The quantitative estimate of drug-likeness (QED) is 0.327. The van der Waals surface area contributed by atoms with Crippen molar-refractivity contribution < 1.29 is 30.4 Å². The molecule has 0 atom stereocenters. The van der Waals surface area contributed by atoms with Crippen LogP contribution in [0.5, 0.6) is 0 Å². The molecule has 2 aromatic carbocycles. The average molecular weight is 336 g/mol. The Morgan fingerprint density at radius 3 is 1.68 bits per heavy atom. The van der Waals surface area contributed by atoms with Crippen molar-refractivity contribution in [2.45, 2.75) is 6.92 Å². The van der Waals surface area contributed by atoms with Gasteiger partial charge in [-0.1, -0.05) is 17.7 Å². The molecule has 19 heavy (non-hydrogen) atoms. The van der Waals surface area contributed by atoms with Crippen LogP contribution in [0.15, 0.2) is 59.7 Å². The van der Waals surface area contributed by atoms with Crippen LogP contribution >= 0.6 is 0 Å². The molecule has 0 radical (unpaired) electrons. The summed E-state index contributed by atoms with van der Waals surface area (Å²) in [6, 6.07) is 17.3. The average Bonchev–Trinajstić information content (AvgIpc) is 3.03. The summed E-state index contributed by atoms with van der Waals surface area (Å²) in [5.74, 6) is 0. The fourth-order valence-corrected chi connectivity index (χ4v) is 0.932. The number of hydrogen-bond donors (Lipinski definition) is 0. The Hall–Kier alpha value is -1.66. The number of benzene rings is 1. The minimum atomic E-state index is 0. The van der Waals surface area contributed by atoms with Gasteiger partial charge in [-0.25, -0.2) is 12.1 Å². The largest absolute Gasteiger partial charge is 0.214 e. The van der Waals surface area contributed by atoms with Gasteiger partial charge in [-0.2, -0.15) is 18.2 Å². The van der Waals surface area contributed by atoms with Gasteiger partial charge in [0.15, 0.2) is 0 Å². The minimum absolute atomic E-state index is 0. The molecule has 0 heterocycles. The summed E-state index contributed by atoms with van der Waals surface area (Å²) >= 11 is 0. The molecule has 2 rings (SSSR count). The van der Waals surface area contributed by atoms with Gasteiger partial charge in [0.25, 0.3) is 0 Å². The smallest absolute Gasteiger partial charge is 0 e. The Kier molecular flexibility index (Phi) is 22.2. The fourth-order valence-electron chi connectivity index (χ4n) is 0.932. The molecule has 0 spiro atoms. The van der Waals surface area contributed by atoms with Gasteiger partial charge in [0, 0.05) is 26.8 Å². The van der Waals surface area contributed by atoms with Gasteiger partial charge in [0.05, 0.1) is 0 Å². The van der Waals surface area contributed by atoms with Gasteiger partial charge >= 0.3 is 22.6 Å². The summed E-state index contributed by atoms with van der Waals surface area (Å²) in [5.41, 5.74) is 10.0. The maximum Gasteiger partial charge on any atom is 0 e. The molecule has 98 valence electrons. The van der Waals surface area contributed by atoms with E-state index in [-0.39, 0.29) is 21.1 Å². The molecule has 0 unspecified atom stereocenters. The van der Waals surface area contributed by atoms with Gasteiger partial charge in [-0.3, -0.25) is 0 Å². The van der Waals surface area contributed by atoms with Crippen molar-refractivity contribution in [3.63, 3.8) is 0 Å². The van der Waals surface area contributed by atoms with Crippen LogP contribution in [0, 0.1) is 20.2 Å². The molecular weight excluding hydrogens is 324 g/mol. The summed E-state index contributed by atoms with van der Waals surface area (Å²) in [6.45, 7) is 11.0. The van der Waals surface area contributed by atoms with Crippen molar-refractivity contribution in [1.82, 2.24) is 0 Å². The van der Waals surface area contributed by atoms with Gasteiger partial charge in [-0.15, -0.1) is 0 Å². The molecule has 0 bridgehead atoms. The predicted molar refractivity (Wildman–Crippen MR) is 66.5 cm³/mol. The van der Waals surface area contributed by atoms with Crippen molar-refractivity contribution in [3.05, 3.63) is 79.0 Å². The van der Waals surface area contributed by atoms with Crippen molar-refractivity contribution in [2.24, 2.45) is 5.11 Å². The van der Waals surface area contributed by atoms with E-state index in [2.05, 4.69) is 18.4 Å². The zero-order valence-electron chi connectivity index (χ0n) is 10.3. The third kappa shape index (κ3) is 14.3. The van der Waals surface area contributed by atoms with Crippen LogP contribution in [-0.4, -0.2) is 0 Å². The van der Waals surface area contributed by atoms with E-state index in [1.54, 1.807) is 12.1 Å². The topological polar surface area (TPSA) is 74.5 Å². The van der Waals surface area contributed by atoms with Crippen molar-refractivity contribution in [3.8, 4) is 0 Å². The van der Waals surface area contributed by atoms with Gasteiger partial charge in [0.1, 0.15) is 0 Å². The first kappa shape index (κ1) is 22.5. The van der Waals surface area contributed by atoms with E-state index in [1.165, 1.54) is 5.56 Å². The Bertz CT molecular complexity index is 410. The van der Waals surface area contributed by atoms with Crippen molar-refractivity contribution in [2.75, 3.05) is 0 Å². The first-order chi connectivity index (χ1) is 8.83. The van der Waals surface area contributed by atoms with E-state index < -0.39 is 0 Å². The second-order valence-electron chi connectivity index (χ2n) is 2.90. The normalized spacial score (nSPS) is 6.58. The molecule has 0 N–H and O–H groups in total. The molecule has 0 saturated heterocycles. The Morgan fingerprint density at radius 1 is 1.00 bits per heavy atom. The Labute approximate surface area is 127 Å². The summed E-state index contributed by atoms with van der Waals surface area (Å²) in [6.07, 6.45) is 0. The van der Waals surface area contributed by atoms with Crippen LogP contribution in [-0.2, 0) is 30.4 Å². The third-order valence-electron chi connectivity index (χ3n) is 1.70. The van der Waals surface area contributed by atoms with Crippen LogP contribution in [0.2, 0.25) is 0 Å². The third-order valence-corrected chi connectivity index (χ3v) is 1.70. The van der Waals surface area contributed by atoms with Gasteiger partial charge in [0.2, 0.25) is 0 Å². The fraction of sp³-hybridized carbons (Fsp3) is 0.0714.